The van der Waals surface area contributed by atoms with Gasteiger partial charge in [0.15, 0.2) is 0 Å². The Labute approximate surface area is 562 Å². The van der Waals surface area contributed by atoms with Gasteiger partial charge in [0.1, 0.15) is 24.7 Å². The minimum absolute atomic E-state index is 0.000325. The Morgan fingerprint density at radius 3 is 1.08 bits per heavy atom. The van der Waals surface area contributed by atoms with Gasteiger partial charge in [-0.15, -0.1) is 0 Å². The van der Waals surface area contributed by atoms with Crippen molar-refractivity contribution in [3.8, 4) is 33.8 Å². The highest BCUT2D eigenvalue weighted by Gasteiger charge is 2.30. The fourth-order valence-corrected chi connectivity index (χ4v) is 10.6. The molecule has 5 aromatic carbocycles. The number of rotatable bonds is 51. The molecule has 0 spiro atoms. The lowest BCUT2D eigenvalue weighted by Gasteiger charge is -2.14. The van der Waals surface area contributed by atoms with Crippen molar-refractivity contribution in [3.63, 3.8) is 0 Å². The van der Waals surface area contributed by atoms with Gasteiger partial charge in [-0.2, -0.15) is 0 Å². The van der Waals surface area contributed by atoms with E-state index in [-0.39, 0.29) is 88.0 Å². The largest absolute Gasteiger partial charge is 0.493 e. The summed E-state index contributed by atoms with van der Waals surface area (Å²) in [7, 11) is 1.36. The number of alkyl carbamates (subject to hydrolysis) is 2. The molecule has 24 heteroatoms. The summed E-state index contributed by atoms with van der Waals surface area (Å²) in [6.45, 7) is 8.21. The molecule has 0 aromatic heterocycles. The van der Waals surface area contributed by atoms with Crippen LogP contribution in [0.3, 0.4) is 0 Å². The first-order valence-electron chi connectivity index (χ1n) is 33.3. The third-order valence-corrected chi connectivity index (χ3v) is 15.4. The molecule has 0 fully saturated rings. The zero-order valence-electron chi connectivity index (χ0n) is 55.2. The number of unbranched alkanes of at least 4 members (excludes halogenated alkanes) is 2. The molecule has 0 aliphatic heterocycles. The van der Waals surface area contributed by atoms with Crippen LogP contribution < -0.4 is 36.1 Å². The fourth-order valence-electron chi connectivity index (χ4n) is 10.6. The molecule has 0 saturated heterocycles. The van der Waals surface area contributed by atoms with Crippen LogP contribution in [-0.4, -0.2) is 208 Å². The van der Waals surface area contributed by atoms with Gasteiger partial charge in [-0.25, -0.2) is 9.59 Å². The predicted octanol–water partition coefficient (Wildman–Crippen LogP) is 7.91. The SMILES string of the molecule is COC(=O)CCCCCNC(=O)c1cc(OCCCNC(=O)CCOCCOCCOCCOCCNC(=O)OCC2c3ccccc3-c3ccccc32)cc(OCCCNC(=O)CCOCCOCCOCCOCCNC(=O)OCC2c3ccccc3-c3ccccc32)c1. The minimum Gasteiger partial charge on any atom is -0.493 e. The van der Waals surface area contributed by atoms with Crippen molar-refractivity contribution in [1.29, 1.82) is 0 Å². The third-order valence-electron chi connectivity index (χ3n) is 15.4. The van der Waals surface area contributed by atoms with Crippen LogP contribution in [0.4, 0.5) is 9.59 Å². The number of carbonyl (C=O) groups is 6. The second-order valence-corrected chi connectivity index (χ2v) is 22.3. The summed E-state index contributed by atoms with van der Waals surface area (Å²) in [5, 5.41) is 14.1. The van der Waals surface area contributed by atoms with Crippen LogP contribution in [0, 0.1) is 0 Å². The maximum atomic E-state index is 13.2. The quantitative estimate of drug-likeness (QED) is 0.0140. The van der Waals surface area contributed by atoms with Crippen molar-refractivity contribution in [2.75, 3.05) is 172 Å². The number of carbonyl (C=O) groups excluding carboxylic acids is 6. The van der Waals surface area contributed by atoms with E-state index in [1.54, 1.807) is 18.2 Å². The smallest absolute Gasteiger partial charge is 0.407 e. The Kier molecular flexibility index (Phi) is 35.5. The van der Waals surface area contributed by atoms with E-state index in [1.165, 1.54) is 29.4 Å². The maximum Gasteiger partial charge on any atom is 0.407 e. The molecular formula is C72H95N5O19. The molecule has 5 N–H and O–H groups in total. The minimum atomic E-state index is -0.486. The van der Waals surface area contributed by atoms with Gasteiger partial charge in [-0.05, 0) is 82.3 Å². The number of benzene rings is 5. The molecule has 2 aliphatic carbocycles. The van der Waals surface area contributed by atoms with Gasteiger partial charge >= 0.3 is 18.2 Å². The summed E-state index contributed by atoms with van der Waals surface area (Å²) >= 11 is 0. The van der Waals surface area contributed by atoms with Gasteiger partial charge in [-0.1, -0.05) is 103 Å². The topological polar surface area (TPSA) is 283 Å². The molecule has 0 radical (unpaired) electrons. The molecule has 0 heterocycles. The Hall–Kier alpha value is -8.20. The van der Waals surface area contributed by atoms with Crippen molar-refractivity contribution < 1.29 is 90.3 Å². The lowest BCUT2D eigenvalue weighted by atomic mass is 9.98. The fraction of sp³-hybridized carbons (Fsp3) is 0.500. The molecule has 2 aliphatic rings. The first-order valence-corrected chi connectivity index (χ1v) is 33.3. The average molecular weight is 1330 g/mol. The van der Waals surface area contributed by atoms with E-state index in [9.17, 15) is 28.8 Å². The second-order valence-electron chi connectivity index (χ2n) is 22.3. The van der Waals surface area contributed by atoms with E-state index >= 15 is 0 Å². The Bertz CT molecular complexity index is 2860. The summed E-state index contributed by atoms with van der Waals surface area (Å²) in [5.74, 6) is -0.0787. The third kappa shape index (κ3) is 27.9. The van der Waals surface area contributed by atoms with Gasteiger partial charge in [-0.3, -0.25) is 19.2 Å². The van der Waals surface area contributed by atoms with Crippen molar-refractivity contribution in [3.05, 3.63) is 143 Å². The van der Waals surface area contributed by atoms with Gasteiger partial charge in [0.2, 0.25) is 11.8 Å². The lowest BCUT2D eigenvalue weighted by Crippen LogP contribution is -2.29. The van der Waals surface area contributed by atoms with Crippen molar-refractivity contribution >= 4 is 35.9 Å². The van der Waals surface area contributed by atoms with E-state index < -0.39 is 12.2 Å². The Balaban J connectivity index is 0.636. The number of nitrogens with one attached hydrogen (secondary N) is 5. The van der Waals surface area contributed by atoms with Crippen LogP contribution in [0.15, 0.2) is 115 Å². The molecule has 96 heavy (non-hydrogen) atoms. The molecule has 0 bridgehead atoms. The van der Waals surface area contributed by atoms with Crippen LogP contribution >= 0.6 is 0 Å². The normalized spacial score (nSPS) is 12.0. The molecule has 7 rings (SSSR count). The van der Waals surface area contributed by atoms with Gasteiger partial charge in [0, 0.05) is 75.5 Å². The van der Waals surface area contributed by atoms with Crippen LogP contribution in [0.5, 0.6) is 11.5 Å². The van der Waals surface area contributed by atoms with Crippen LogP contribution in [0.1, 0.15) is 95.8 Å². The van der Waals surface area contributed by atoms with Gasteiger partial charge < -0.3 is 88.2 Å². The Morgan fingerprint density at radius 2 is 0.698 bits per heavy atom. The zero-order valence-corrected chi connectivity index (χ0v) is 55.2. The van der Waals surface area contributed by atoms with Gasteiger partial charge in [0.25, 0.3) is 5.91 Å². The van der Waals surface area contributed by atoms with Crippen LogP contribution in [0.25, 0.3) is 22.3 Å². The molecule has 0 saturated carbocycles. The molecule has 5 amide bonds. The van der Waals surface area contributed by atoms with E-state index in [2.05, 4.69) is 75.1 Å². The van der Waals surface area contributed by atoms with E-state index in [4.69, 9.17) is 61.6 Å². The number of methoxy groups -OCH3 is 1. The summed E-state index contributed by atoms with van der Waals surface area (Å²) < 4.78 is 72.3. The summed E-state index contributed by atoms with van der Waals surface area (Å²) in [6.07, 6.45) is 2.78. The first-order chi connectivity index (χ1) is 47.2. The molecular weight excluding hydrogens is 1240 g/mol. The Morgan fingerprint density at radius 1 is 0.344 bits per heavy atom. The second kappa shape index (κ2) is 45.3. The number of fused-ring (bicyclic) bond motifs is 6. The van der Waals surface area contributed by atoms with Crippen LogP contribution in [0.2, 0.25) is 0 Å². The number of hydrogen-bond acceptors (Lipinski definition) is 19. The standard InChI is InChI=1S/C72H95N5O19/c1-84-69(80)23-3-2-12-26-75-70(81)54-49-55(93-31-13-27-73-67(78)24-33-85-37-41-89-45-47-91-43-39-87-35-29-76-71(82)95-52-65-61-19-8-4-15-57(61)58-16-5-9-20-62(58)65)51-56(50-54)94-32-14-28-74-68(79)25-34-86-38-42-90-46-48-92-44-40-88-36-30-77-72(83)96-53-66-63-21-10-6-17-59(63)60-18-7-11-22-64(60)66/h4-11,15-22,49-51,65-66H,2-3,12-14,23-48,52-53H2,1H3,(H,73,78)(H,74,79)(H,75,81)(H,76,82)(H,77,83). The molecule has 522 valence electrons. The lowest BCUT2D eigenvalue weighted by molar-refractivity contribution is -0.140. The highest BCUT2D eigenvalue weighted by atomic mass is 16.6. The van der Waals surface area contributed by atoms with E-state index in [0.717, 1.165) is 28.7 Å². The monoisotopic (exact) mass is 1330 g/mol. The molecule has 0 atom stereocenters. The van der Waals surface area contributed by atoms with E-state index in [0.29, 0.717) is 174 Å². The van der Waals surface area contributed by atoms with Crippen molar-refractivity contribution in [2.45, 2.75) is 63.2 Å². The van der Waals surface area contributed by atoms with Gasteiger partial charge in [0.05, 0.1) is 126 Å². The molecule has 24 nitrogen and oxygen atoms in total. The number of hydrogen-bond donors (Lipinski definition) is 5. The number of amides is 5. The summed E-state index contributed by atoms with van der Waals surface area (Å²) in [6, 6.07) is 37.7. The predicted molar refractivity (Wildman–Crippen MR) is 357 cm³/mol. The van der Waals surface area contributed by atoms with Crippen molar-refractivity contribution in [2.24, 2.45) is 0 Å². The number of ether oxygens (including phenoxy) is 13. The maximum absolute atomic E-state index is 13.2. The molecule has 5 aromatic rings. The first kappa shape index (κ1) is 75.2. The number of esters is 1. The summed E-state index contributed by atoms with van der Waals surface area (Å²) in [5.41, 5.74) is 9.69. The van der Waals surface area contributed by atoms with Crippen LogP contribution in [-0.2, 0) is 66.5 Å². The highest BCUT2D eigenvalue weighted by molar-refractivity contribution is 5.95. The van der Waals surface area contributed by atoms with E-state index in [1.807, 2.05) is 48.5 Å². The zero-order chi connectivity index (χ0) is 67.5. The average Bonchev–Trinajstić information content (AvgIpc) is 1.63. The van der Waals surface area contributed by atoms with Crippen molar-refractivity contribution in [1.82, 2.24) is 26.6 Å². The summed E-state index contributed by atoms with van der Waals surface area (Å²) in [4.78, 5) is 74.4. The molecule has 0 unspecified atom stereocenters. The highest BCUT2D eigenvalue weighted by Crippen LogP contribution is 2.45.